The Bertz CT molecular complexity index is 823. The Morgan fingerprint density at radius 3 is 2.93 bits per heavy atom. The van der Waals surface area contributed by atoms with Crippen molar-refractivity contribution in [2.75, 3.05) is 0 Å². The Labute approximate surface area is 160 Å². The fourth-order valence-electron chi connectivity index (χ4n) is 4.79. The standard InChI is InChI=1S/C22H28FN3O/c1-16-14-26-15-19(8-9-20(26)24-16)25-21(27)22(10-3-2-4-11-22)13-17-6-5-7-18(23)12-17/h5-7,12,14,19H,2-4,8-11,13,15H2,1H3,(H,25,27). The molecule has 1 fully saturated rings. The minimum absolute atomic E-state index is 0.143. The first kappa shape index (κ1) is 18.2. The molecule has 1 aliphatic carbocycles. The van der Waals surface area contributed by atoms with Gasteiger partial charge < -0.3 is 9.88 Å². The topological polar surface area (TPSA) is 46.9 Å². The highest BCUT2D eigenvalue weighted by Crippen LogP contribution is 2.40. The van der Waals surface area contributed by atoms with Crippen molar-refractivity contribution in [3.8, 4) is 0 Å². The van der Waals surface area contributed by atoms with Gasteiger partial charge in [-0.15, -0.1) is 0 Å². The molecule has 1 amide bonds. The Balaban J connectivity index is 1.49. The van der Waals surface area contributed by atoms with Gasteiger partial charge in [-0.05, 0) is 50.3 Å². The first-order chi connectivity index (χ1) is 13.0. The predicted molar refractivity (Wildman–Crippen MR) is 103 cm³/mol. The average Bonchev–Trinajstić information content (AvgIpc) is 3.02. The normalized spacial score (nSPS) is 21.5. The molecule has 0 spiro atoms. The third-order valence-corrected chi connectivity index (χ3v) is 6.17. The first-order valence-electron chi connectivity index (χ1n) is 10.1. The monoisotopic (exact) mass is 369 g/mol. The molecule has 1 saturated carbocycles. The number of aromatic nitrogens is 2. The second-order valence-electron chi connectivity index (χ2n) is 8.31. The van der Waals surface area contributed by atoms with E-state index in [1.165, 1.54) is 12.5 Å². The van der Waals surface area contributed by atoms with Crippen LogP contribution in [0, 0.1) is 18.2 Å². The zero-order valence-corrected chi connectivity index (χ0v) is 16.0. The van der Waals surface area contributed by atoms with Crippen molar-refractivity contribution >= 4 is 5.91 Å². The van der Waals surface area contributed by atoms with Crippen molar-refractivity contribution < 1.29 is 9.18 Å². The highest BCUT2D eigenvalue weighted by atomic mass is 19.1. The van der Waals surface area contributed by atoms with Crippen LogP contribution in [-0.2, 0) is 24.2 Å². The Kier molecular flexibility index (Phi) is 5.02. The molecule has 2 aromatic rings. The van der Waals surface area contributed by atoms with E-state index in [2.05, 4.69) is 21.1 Å². The minimum Gasteiger partial charge on any atom is -0.351 e. The molecule has 1 aliphatic heterocycles. The molecule has 0 bridgehead atoms. The lowest BCUT2D eigenvalue weighted by Crippen LogP contribution is -2.50. The quantitative estimate of drug-likeness (QED) is 0.887. The van der Waals surface area contributed by atoms with E-state index in [9.17, 15) is 9.18 Å². The van der Waals surface area contributed by atoms with Crippen molar-refractivity contribution in [3.05, 3.63) is 53.4 Å². The van der Waals surface area contributed by atoms with Gasteiger partial charge in [0.15, 0.2) is 0 Å². The van der Waals surface area contributed by atoms with Gasteiger partial charge in [-0.1, -0.05) is 31.4 Å². The second-order valence-corrected chi connectivity index (χ2v) is 8.31. The number of fused-ring (bicyclic) bond motifs is 1. The predicted octanol–water partition coefficient (Wildman–Crippen LogP) is 3.95. The molecular weight excluding hydrogens is 341 g/mol. The SMILES string of the molecule is Cc1cn2c(n1)CCC(NC(=O)C1(Cc3cccc(F)c3)CCCCC1)C2. The zero-order chi connectivity index (χ0) is 18.9. The van der Waals surface area contributed by atoms with E-state index in [-0.39, 0.29) is 17.8 Å². The summed E-state index contributed by atoms with van der Waals surface area (Å²) in [5, 5.41) is 3.33. The number of halogens is 1. The summed E-state index contributed by atoms with van der Waals surface area (Å²) < 4.78 is 15.8. The number of benzene rings is 1. The maximum Gasteiger partial charge on any atom is 0.226 e. The van der Waals surface area contributed by atoms with E-state index in [1.807, 2.05) is 13.0 Å². The number of imidazole rings is 1. The molecule has 4 rings (SSSR count). The third kappa shape index (κ3) is 3.92. The highest BCUT2D eigenvalue weighted by Gasteiger charge is 2.40. The molecule has 144 valence electrons. The zero-order valence-electron chi connectivity index (χ0n) is 16.0. The molecule has 0 saturated heterocycles. The van der Waals surface area contributed by atoms with Gasteiger partial charge in [-0.2, -0.15) is 0 Å². The van der Waals surface area contributed by atoms with Crippen LogP contribution in [0.4, 0.5) is 4.39 Å². The summed E-state index contributed by atoms with van der Waals surface area (Å²) in [5.41, 5.74) is 1.55. The Hall–Kier alpha value is -2.17. The number of rotatable bonds is 4. The number of nitrogens with one attached hydrogen (secondary N) is 1. The van der Waals surface area contributed by atoms with Crippen LogP contribution in [0.1, 0.15) is 55.6 Å². The molecule has 2 heterocycles. The molecule has 1 aromatic heterocycles. The summed E-state index contributed by atoms with van der Waals surface area (Å²) in [5.74, 6) is 1.04. The van der Waals surface area contributed by atoms with Gasteiger partial charge >= 0.3 is 0 Å². The second kappa shape index (κ2) is 7.45. The molecule has 27 heavy (non-hydrogen) atoms. The maximum atomic E-state index is 13.7. The van der Waals surface area contributed by atoms with Crippen LogP contribution in [0.15, 0.2) is 30.5 Å². The fourth-order valence-corrected chi connectivity index (χ4v) is 4.79. The number of carbonyl (C=O) groups is 1. The van der Waals surface area contributed by atoms with Gasteiger partial charge in [-0.25, -0.2) is 9.37 Å². The summed E-state index contributed by atoms with van der Waals surface area (Å²) in [6.45, 7) is 2.80. The van der Waals surface area contributed by atoms with Gasteiger partial charge in [0.05, 0.1) is 11.1 Å². The summed E-state index contributed by atoms with van der Waals surface area (Å²) in [7, 11) is 0. The van der Waals surface area contributed by atoms with Gasteiger partial charge in [0, 0.05) is 25.2 Å². The largest absolute Gasteiger partial charge is 0.351 e. The van der Waals surface area contributed by atoms with E-state index in [1.54, 1.807) is 12.1 Å². The smallest absolute Gasteiger partial charge is 0.226 e. The van der Waals surface area contributed by atoms with Gasteiger partial charge in [-0.3, -0.25) is 4.79 Å². The van der Waals surface area contributed by atoms with Crippen LogP contribution < -0.4 is 5.32 Å². The lowest BCUT2D eigenvalue weighted by atomic mass is 9.69. The number of carbonyl (C=O) groups excluding carboxylic acids is 1. The number of hydrogen-bond acceptors (Lipinski definition) is 2. The van der Waals surface area contributed by atoms with Crippen LogP contribution in [0.25, 0.3) is 0 Å². The van der Waals surface area contributed by atoms with E-state index in [0.717, 1.165) is 62.2 Å². The number of aryl methyl sites for hydroxylation is 2. The van der Waals surface area contributed by atoms with E-state index < -0.39 is 5.41 Å². The molecule has 1 N–H and O–H groups in total. The number of nitrogens with zero attached hydrogens (tertiary/aromatic N) is 2. The molecule has 1 unspecified atom stereocenters. The molecule has 4 nitrogen and oxygen atoms in total. The van der Waals surface area contributed by atoms with Crippen molar-refractivity contribution in [1.82, 2.24) is 14.9 Å². The molecule has 2 aliphatic rings. The molecule has 5 heteroatoms. The van der Waals surface area contributed by atoms with Crippen LogP contribution in [0.3, 0.4) is 0 Å². The van der Waals surface area contributed by atoms with Gasteiger partial charge in [0.2, 0.25) is 5.91 Å². The third-order valence-electron chi connectivity index (χ3n) is 6.17. The lowest BCUT2D eigenvalue weighted by Gasteiger charge is -2.38. The fraction of sp³-hybridized carbons (Fsp3) is 0.545. The van der Waals surface area contributed by atoms with Crippen molar-refractivity contribution in [2.24, 2.45) is 5.41 Å². The maximum absolute atomic E-state index is 13.7. The minimum atomic E-state index is -0.406. The van der Waals surface area contributed by atoms with E-state index >= 15 is 0 Å². The summed E-state index contributed by atoms with van der Waals surface area (Å²) >= 11 is 0. The van der Waals surface area contributed by atoms with Crippen LogP contribution >= 0.6 is 0 Å². The molecular formula is C22H28FN3O. The lowest BCUT2D eigenvalue weighted by molar-refractivity contribution is -0.134. The Morgan fingerprint density at radius 1 is 1.33 bits per heavy atom. The average molecular weight is 369 g/mol. The Morgan fingerprint density at radius 2 is 2.15 bits per heavy atom. The van der Waals surface area contributed by atoms with Crippen LogP contribution in [0.2, 0.25) is 0 Å². The highest BCUT2D eigenvalue weighted by molar-refractivity contribution is 5.83. The number of amides is 1. The van der Waals surface area contributed by atoms with Crippen molar-refractivity contribution in [1.29, 1.82) is 0 Å². The van der Waals surface area contributed by atoms with Gasteiger partial charge in [0.1, 0.15) is 11.6 Å². The summed E-state index contributed by atoms with van der Waals surface area (Å²) in [6.07, 6.45) is 9.61. The van der Waals surface area contributed by atoms with E-state index in [0.29, 0.717) is 6.42 Å². The molecule has 1 aromatic carbocycles. The number of hydrogen-bond donors (Lipinski definition) is 1. The summed E-state index contributed by atoms with van der Waals surface area (Å²) in [6, 6.07) is 6.86. The van der Waals surface area contributed by atoms with Gasteiger partial charge in [0.25, 0.3) is 0 Å². The van der Waals surface area contributed by atoms with Crippen LogP contribution in [-0.4, -0.2) is 21.5 Å². The van der Waals surface area contributed by atoms with E-state index in [4.69, 9.17) is 0 Å². The first-order valence-corrected chi connectivity index (χ1v) is 10.1. The molecule has 1 atom stereocenters. The summed E-state index contributed by atoms with van der Waals surface area (Å²) in [4.78, 5) is 17.9. The van der Waals surface area contributed by atoms with Crippen LogP contribution in [0.5, 0.6) is 0 Å². The van der Waals surface area contributed by atoms with Crippen molar-refractivity contribution in [3.63, 3.8) is 0 Å². The molecule has 0 radical (unpaired) electrons. The van der Waals surface area contributed by atoms with Crippen molar-refractivity contribution in [2.45, 2.75) is 70.9 Å².